The molecule has 0 radical (unpaired) electrons. The molecule has 3 rings (SSSR count). The second kappa shape index (κ2) is 11.2. The molecule has 7 nitrogen and oxygen atoms in total. The monoisotopic (exact) mass is 501 g/mol. The second-order valence-electron chi connectivity index (χ2n) is 7.73. The standard InChI is InChI=1S/C25H25Cl2N3O4/c1-14-12-18(26)8-10-20(14)33-16(3)24(31)29-22-6-5-7-23(28-22)30-25(32)17(4)34-21-11-9-19(27)13-15(21)2/h5-13,16-17H,1-4H3,(H2,28,29,30,31,32). The van der Waals surface area contributed by atoms with Crippen LogP contribution in [0.15, 0.2) is 54.6 Å². The highest BCUT2D eigenvalue weighted by atomic mass is 35.5. The smallest absolute Gasteiger partial charge is 0.266 e. The number of benzene rings is 2. The van der Waals surface area contributed by atoms with E-state index in [1.54, 1.807) is 68.4 Å². The first kappa shape index (κ1) is 25.3. The van der Waals surface area contributed by atoms with Crippen molar-refractivity contribution in [1.82, 2.24) is 4.98 Å². The molecule has 0 saturated heterocycles. The average Bonchev–Trinajstić information content (AvgIpc) is 2.77. The maximum Gasteiger partial charge on any atom is 0.266 e. The Morgan fingerprint density at radius 2 is 1.18 bits per heavy atom. The summed E-state index contributed by atoms with van der Waals surface area (Å²) in [5, 5.41) is 6.57. The van der Waals surface area contributed by atoms with Gasteiger partial charge in [-0.1, -0.05) is 29.3 Å². The Balaban J connectivity index is 1.59. The maximum absolute atomic E-state index is 12.6. The molecule has 1 heterocycles. The van der Waals surface area contributed by atoms with Gasteiger partial charge in [-0.05, 0) is 87.4 Å². The molecule has 34 heavy (non-hydrogen) atoms. The normalized spacial score (nSPS) is 12.4. The van der Waals surface area contributed by atoms with Crippen LogP contribution in [0.4, 0.5) is 11.6 Å². The predicted octanol–water partition coefficient (Wildman–Crippen LogP) is 5.82. The van der Waals surface area contributed by atoms with Crippen LogP contribution in [-0.2, 0) is 9.59 Å². The first-order valence-corrected chi connectivity index (χ1v) is 11.3. The number of carbonyl (C=O) groups is 2. The first-order valence-electron chi connectivity index (χ1n) is 10.6. The van der Waals surface area contributed by atoms with E-state index in [0.29, 0.717) is 21.5 Å². The van der Waals surface area contributed by atoms with E-state index < -0.39 is 12.2 Å². The Bertz CT molecular complexity index is 1110. The minimum atomic E-state index is -0.782. The van der Waals surface area contributed by atoms with Crippen molar-refractivity contribution in [3.8, 4) is 11.5 Å². The van der Waals surface area contributed by atoms with Crippen LogP contribution in [0.1, 0.15) is 25.0 Å². The Kier molecular flexibility index (Phi) is 8.36. The van der Waals surface area contributed by atoms with Crippen molar-refractivity contribution in [2.45, 2.75) is 39.9 Å². The fourth-order valence-corrected chi connectivity index (χ4v) is 3.46. The molecule has 2 atom stereocenters. The first-order chi connectivity index (χ1) is 16.1. The number of pyridine rings is 1. The SMILES string of the molecule is Cc1cc(Cl)ccc1OC(C)C(=O)Nc1cccc(NC(=O)C(C)Oc2ccc(Cl)cc2C)n1. The van der Waals surface area contributed by atoms with E-state index in [1.165, 1.54) is 0 Å². The summed E-state index contributed by atoms with van der Waals surface area (Å²) in [6, 6.07) is 15.2. The van der Waals surface area contributed by atoms with Crippen molar-refractivity contribution in [2.24, 2.45) is 0 Å². The number of halogens is 2. The van der Waals surface area contributed by atoms with E-state index >= 15 is 0 Å². The number of anilines is 2. The van der Waals surface area contributed by atoms with Crippen molar-refractivity contribution in [2.75, 3.05) is 10.6 Å². The fourth-order valence-electron chi connectivity index (χ4n) is 3.01. The van der Waals surface area contributed by atoms with E-state index in [1.807, 2.05) is 13.8 Å². The number of aryl methyl sites for hydroxylation is 2. The number of ether oxygens (including phenoxy) is 2. The van der Waals surface area contributed by atoms with E-state index in [9.17, 15) is 9.59 Å². The lowest BCUT2D eigenvalue weighted by Crippen LogP contribution is -2.31. The van der Waals surface area contributed by atoms with Crippen molar-refractivity contribution in [1.29, 1.82) is 0 Å². The largest absolute Gasteiger partial charge is 0.481 e. The van der Waals surface area contributed by atoms with Crippen LogP contribution in [0.2, 0.25) is 10.0 Å². The van der Waals surface area contributed by atoms with Crippen molar-refractivity contribution < 1.29 is 19.1 Å². The van der Waals surface area contributed by atoms with Gasteiger partial charge in [0.1, 0.15) is 23.1 Å². The third-order valence-corrected chi connectivity index (χ3v) is 5.34. The van der Waals surface area contributed by atoms with Gasteiger partial charge in [0.05, 0.1) is 0 Å². The summed E-state index contributed by atoms with van der Waals surface area (Å²) in [6.45, 7) is 6.95. The van der Waals surface area contributed by atoms with Crippen LogP contribution in [0.3, 0.4) is 0 Å². The maximum atomic E-state index is 12.6. The van der Waals surface area contributed by atoms with Crippen LogP contribution in [0.5, 0.6) is 11.5 Å². The van der Waals surface area contributed by atoms with Gasteiger partial charge in [0.2, 0.25) is 0 Å². The number of hydrogen-bond donors (Lipinski definition) is 2. The predicted molar refractivity (Wildman–Crippen MR) is 134 cm³/mol. The molecule has 2 aromatic carbocycles. The van der Waals surface area contributed by atoms with Gasteiger partial charge in [-0.3, -0.25) is 9.59 Å². The van der Waals surface area contributed by atoms with Crippen LogP contribution in [0.25, 0.3) is 0 Å². The summed E-state index contributed by atoms with van der Waals surface area (Å²) in [6.07, 6.45) is -1.56. The third-order valence-electron chi connectivity index (χ3n) is 4.87. The number of carbonyl (C=O) groups excluding carboxylic acids is 2. The molecule has 0 aliphatic carbocycles. The molecule has 2 amide bonds. The number of aromatic nitrogens is 1. The van der Waals surface area contributed by atoms with E-state index in [2.05, 4.69) is 15.6 Å². The molecule has 0 aliphatic heterocycles. The van der Waals surface area contributed by atoms with Crippen LogP contribution in [0, 0.1) is 13.8 Å². The summed E-state index contributed by atoms with van der Waals surface area (Å²) < 4.78 is 11.5. The summed E-state index contributed by atoms with van der Waals surface area (Å²) in [4.78, 5) is 29.4. The van der Waals surface area contributed by atoms with E-state index in [4.69, 9.17) is 32.7 Å². The highest BCUT2D eigenvalue weighted by Crippen LogP contribution is 2.24. The topological polar surface area (TPSA) is 89.6 Å². The van der Waals surface area contributed by atoms with Crippen molar-refractivity contribution in [3.05, 3.63) is 75.8 Å². The lowest BCUT2D eigenvalue weighted by atomic mass is 10.2. The lowest BCUT2D eigenvalue weighted by Gasteiger charge is -2.17. The molecule has 9 heteroatoms. The Morgan fingerprint density at radius 3 is 1.56 bits per heavy atom. The molecule has 2 unspecified atom stereocenters. The number of nitrogens with zero attached hydrogens (tertiary/aromatic N) is 1. The molecule has 0 saturated carbocycles. The summed E-state index contributed by atoms with van der Waals surface area (Å²) in [5.74, 6) is 0.888. The Morgan fingerprint density at radius 1 is 0.765 bits per heavy atom. The molecule has 0 aliphatic rings. The number of hydrogen-bond acceptors (Lipinski definition) is 5. The molecule has 3 aromatic rings. The molecular formula is C25H25Cl2N3O4. The fraction of sp³-hybridized carbons (Fsp3) is 0.240. The van der Waals surface area contributed by atoms with E-state index in [-0.39, 0.29) is 23.5 Å². The van der Waals surface area contributed by atoms with Gasteiger partial charge in [0.15, 0.2) is 12.2 Å². The zero-order valence-electron chi connectivity index (χ0n) is 19.2. The summed E-state index contributed by atoms with van der Waals surface area (Å²) >= 11 is 11.9. The number of rotatable bonds is 8. The zero-order valence-corrected chi connectivity index (χ0v) is 20.7. The van der Waals surface area contributed by atoms with Gasteiger partial charge in [-0.2, -0.15) is 0 Å². The van der Waals surface area contributed by atoms with Crippen molar-refractivity contribution >= 4 is 46.7 Å². The lowest BCUT2D eigenvalue weighted by molar-refractivity contribution is -0.122. The van der Waals surface area contributed by atoms with Gasteiger partial charge in [0, 0.05) is 10.0 Å². The molecule has 2 N–H and O–H groups in total. The Labute approximate surface area is 208 Å². The van der Waals surface area contributed by atoms with E-state index in [0.717, 1.165) is 11.1 Å². The highest BCUT2D eigenvalue weighted by molar-refractivity contribution is 6.31. The molecular weight excluding hydrogens is 477 g/mol. The zero-order chi connectivity index (χ0) is 24.8. The minimum absolute atomic E-state index is 0.271. The van der Waals surface area contributed by atoms with Gasteiger partial charge in [0.25, 0.3) is 11.8 Å². The molecule has 0 spiro atoms. The molecule has 0 fully saturated rings. The average molecular weight is 502 g/mol. The number of amides is 2. The molecule has 178 valence electrons. The second-order valence-corrected chi connectivity index (χ2v) is 8.60. The highest BCUT2D eigenvalue weighted by Gasteiger charge is 2.19. The van der Waals surface area contributed by atoms with Crippen LogP contribution >= 0.6 is 23.2 Å². The van der Waals surface area contributed by atoms with Crippen LogP contribution in [-0.4, -0.2) is 29.0 Å². The van der Waals surface area contributed by atoms with Gasteiger partial charge < -0.3 is 20.1 Å². The third kappa shape index (κ3) is 6.85. The minimum Gasteiger partial charge on any atom is -0.481 e. The molecule has 0 bridgehead atoms. The quantitative estimate of drug-likeness (QED) is 0.406. The van der Waals surface area contributed by atoms with Gasteiger partial charge in [-0.15, -0.1) is 0 Å². The van der Waals surface area contributed by atoms with Gasteiger partial charge >= 0.3 is 0 Å². The summed E-state index contributed by atoms with van der Waals surface area (Å²) in [7, 11) is 0. The van der Waals surface area contributed by atoms with Gasteiger partial charge in [-0.25, -0.2) is 4.98 Å². The van der Waals surface area contributed by atoms with Crippen LogP contribution < -0.4 is 20.1 Å². The Hall–Kier alpha value is -3.29. The number of nitrogens with one attached hydrogen (secondary N) is 2. The molecule has 1 aromatic heterocycles. The van der Waals surface area contributed by atoms with Crippen molar-refractivity contribution in [3.63, 3.8) is 0 Å². The summed E-state index contributed by atoms with van der Waals surface area (Å²) in [5.41, 5.74) is 1.64.